The number of halogens is 1. The summed E-state index contributed by atoms with van der Waals surface area (Å²) in [6, 6.07) is 15.9. The van der Waals surface area contributed by atoms with Crippen molar-refractivity contribution in [3.63, 3.8) is 0 Å². The minimum atomic E-state index is 0.00122. The molecule has 1 aromatic heterocycles. The zero-order valence-corrected chi connectivity index (χ0v) is 18.1. The van der Waals surface area contributed by atoms with Crippen LogP contribution >= 0.6 is 11.6 Å². The number of fused-ring (bicyclic) bond motifs is 1. The number of amides is 1. The molecule has 1 amide bonds. The fourth-order valence-electron chi connectivity index (χ4n) is 3.87. The first kappa shape index (κ1) is 20.4. The Morgan fingerprint density at radius 1 is 1.20 bits per heavy atom. The molecule has 2 heterocycles. The monoisotopic (exact) mass is 424 g/mol. The minimum absolute atomic E-state index is 0.00122. The van der Waals surface area contributed by atoms with Gasteiger partial charge in [-0.1, -0.05) is 41.9 Å². The van der Waals surface area contributed by atoms with Gasteiger partial charge in [-0.25, -0.2) is 0 Å². The Bertz CT molecular complexity index is 1050. The number of hydrogen-bond acceptors (Lipinski definition) is 5. The highest BCUT2D eigenvalue weighted by atomic mass is 35.5. The fraction of sp³-hybridized carbons (Fsp3) is 0.348. The number of carbonyl (C=O) groups is 1. The van der Waals surface area contributed by atoms with Crippen molar-refractivity contribution in [1.29, 1.82) is 0 Å². The van der Waals surface area contributed by atoms with Crippen LogP contribution in [0.4, 0.5) is 5.69 Å². The maximum Gasteiger partial charge on any atom is 0.249 e. The van der Waals surface area contributed by atoms with Crippen LogP contribution in [0.15, 0.2) is 52.9 Å². The third-order valence-electron chi connectivity index (χ3n) is 5.47. The third kappa shape index (κ3) is 4.05. The lowest BCUT2D eigenvalue weighted by Gasteiger charge is -2.30. The van der Waals surface area contributed by atoms with Crippen molar-refractivity contribution in [2.45, 2.75) is 45.8 Å². The van der Waals surface area contributed by atoms with E-state index in [9.17, 15) is 4.79 Å². The van der Waals surface area contributed by atoms with Crippen molar-refractivity contribution in [3.8, 4) is 11.5 Å². The van der Waals surface area contributed by atoms with Crippen LogP contribution in [0, 0.1) is 0 Å². The van der Waals surface area contributed by atoms with Gasteiger partial charge in [0.1, 0.15) is 0 Å². The van der Waals surface area contributed by atoms with Crippen LogP contribution < -0.4 is 4.90 Å². The number of para-hydroxylation sites is 1. The van der Waals surface area contributed by atoms with Gasteiger partial charge in [-0.2, -0.15) is 0 Å². The summed E-state index contributed by atoms with van der Waals surface area (Å²) in [5.74, 6) is 0.779. The van der Waals surface area contributed by atoms with Gasteiger partial charge in [0.05, 0.1) is 23.7 Å². The van der Waals surface area contributed by atoms with Crippen molar-refractivity contribution >= 4 is 23.2 Å². The van der Waals surface area contributed by atoms with Crippen LogP contribution in [0.1, 0.15) is 32.2 Å². The summed E-state index contributed by atoms with van der Waals surface area (Å²) in [5.41, 5.74) is 3.11. The number of carbonyl (C=O) groups excluding carboxylic acids is 1. The number of rotatable bonds is 6. The summed E-state index contributed by atoms with van der Waals surface area (Å²) in [5, 5.41) is 8.80. The number of hydrogen-bond donors (Lipinski definition) is 0. The molecule has 0 aliphatic carbocycles. The van der Waals surface area contributed by atoms with Crippen LogP contribution in [0.3, 0.4) is 0 Å². The molecule has 0 saturated carbocycles. The standard InChI is InChI=1S/C23H25ClN4O2/c1-15(2)27(13-21-25-26-23(30-21)18-9-5-6-10-19(18)24)22(29)14-28-16(3)12-17-8-4-7-11-20(17)28/h4-11,15-16H,12-14H2,1-3H3/t16-/m1/s1. The maximum absolute atomic E-state index is 13.2. The van der Waals surface area contributed by atoms with Gasteiger partial charge in [0.15, 0.2) is 0 Å². The lowest BCUT2D eigenvalue weighted by molar-refractivity contribution is -0.132. The first-order valence-electron chi connectivity index (χ1n) is 10.2. The molecule has 0 fully saturated rings. The van der Waals surface area contributed by atoms with Gasteiger partial charge in [-0.3, -0.25) is 4.79 Å². The molecule has 0 saturated heterocycles. The molecule has 30 heavy (non-hydrogen) atoms. The summed E-state index contributed by atoms with van der Waals surface area (Å²) >= 11 is 6.23. The van der Waals surface area contributed by atoms with Crippen LogP contribution in [0.25, 0.3) is 11.5 Å². The largest absolute Gasteiger partial charge is 0.419 e. The molecule has 4 rings (SSSR count). The predicted octanol–water partition coefficient (Wildman–Crippen LogP) is 4.58. The molecule has 1 atom stereocenters. The Morgan fingerprint density at radius 3 is 2.70 bits per heavy atom. The summed E-state index contributed by atoms with van der Waals surface area (Å²) < 4.78 is 5.81. The van der Waals surface area contributed by atoms with Crippen molar-refractivity contribution in [2.75, 3.05) is 11.4 Å². The molecule has 1 aliphatic heterocycles. The highest BCUT2D eigenvalue weighted by Gasteiger charge is 2.30. The predicted molar refractivity (Wildman–Crippen MR) is 117 cm³/mol. The van der Waals surface area contributed by atoms with E-state index < -0.39 is 0 Å². The molecule has 2 aromatic carbocycles. The minimum Gasteiger partial charge on any atom is -0.419 e. The SMILES string of the molecule is CC(C)N(Cc1nnc(-c2ccccc2Cl)o1)C(=O)CN1c2ccccc2C[C@H]1C. The second-order valence-electron chi connectivity index (χ2n) is 7.91. The van der Waals surface area contributed by atoms with Gasteiger partial charge in [0.2, 0.25) is 17.7 Å². The molecule has 156 valence electrons. The normalized spacial score (nSPS) is 15.5. The van der Waals surface area contributed by atoms with Gasteiger partial charge in [-0.15, -0.1) is 10.2 Å². The van der Waals surface area contributed by atoms with Crippen LogP contribution in [-0.2, 0) is 17.8 Å². The molecule has 1 aliphatic rings. The topological polar surface area (TPSA) is 62.5 Å². The smallest absolute Gasteiger partial charge is 0.249 e. The van der Waals surface area contributed by atoms with Gasteiger partial charge >= 0.3 is 0 Å². The van der Waals surface area contributed by atoms with Gasteiger partial charge in [0, 0.05) is 17.8 Å². The average molecular weight is 425 g/mol. The zero-order valence-electron chi connectivity index (χ0n) is 17.4. The van der Waals surface area contributed by atoms with E-state index in [0.717, 1.165) is 12.1 Å². The van der Waals surface area contributed by atoms with Crippen LogP contribution in [0.2, 0.25) is 5.02 Å². The lowest BCUT2D eigenvalue weighted by Crippen LogP contribution is -2.45. The average Bonchev–Trinajstić information content (AvgIpc) is 3.31. The van der Waals surface area contributed by atoms with Crippen molar-refractivity contribution < 1.29 is 9.21 Å². The van der Waals surface area contributed by atoms with E-state index in [-0.39, 0.29) is 24.5 Å². The van der Waals surface area contributed by atoms with Gasteiger partial charge in [-0.05, 0) is 51.0 Å². The molecule has 6 nitrogen and oxygen atoms in total. The molecule has 7 heteroatoms. The Morgan fingerprint density at radius 2 is 1.93 bits per heavy atom. The summed E-state index contributed by atoms with van der Waals surface area (Å²) in [6.45, 7) is 6.72. The van der Waals surface area contributed by atoms with Gasteiger partial charge < -0.3 is 14.2 Å². The second kappa shape index (κ2) is 8.48. The van der Waals surface area contributed by atoms with Gasteiger partial charge in [0.25, 0.3) is 0 Å². The Kier molecular flexibility index (Phi) is 5.77. The molecule has 0 radical (unpaired) electrons. The number of benzene rings is 2. The summed E-state index contributed by atoms with van der Waals surface area (Å²) in [4.78, 5) is 17.2. The number of aromatic nitrogens is 2. The lowest BCUT2D eigenvalue weighted by atomic mass is 10.1. The van der Waals surface area contributed by atoms with Crippen LogP contribution in [-0.4, -0.2) is 39.6 Å². The Labute approximate surface area is 181 Å². The number of nitrogens with zero attached hydrogens (tertiary/aromatic N) is 4. The molecule has 0 unspecified atom stereocenters. The van der Waals surface area contributed by atoms with Crippen molar-refractivity contribution in [1.82, 2.24) is 15.1 Å². The quantitative estimate of drug-likeness (QED) is 0.579. The number of anilines is 1. The second-order valence-corrected chi connectivity index (χ2v) is 8.31. The molecular weight excluding hydrogens is 400 g/mol. The zero-order chi connectivity index (χ0) is 21.3. The molecule has 0 spiro atoms. The van der Waals surface area contributed by atoms with E-state index in [4.69, 9.17) is 16.0 Å². The van der Waals surface area contributed by atoms with Crippen molar-refractivity contribution in [3.05, 3.63) is 65.0 Å². The van der Waals surface area contributed by atoms with E-state index in [1.54, 1.807) is 11.0 Å². The fourth-order valence-corrected chi connectivity index (χ4v) is 4.09. The van der Waals surface area contributed by atoms with E-state index in [2.05, 4.69) is 34.2 Å². The van der Waals surface area contributed by atoms with Crippen LogP contribution in [0.5, 0.6) is 0 Å². The van der Waals surface area contributed by atoms with E-state index >= 15 is 0 Å². The highest BCUT2D eigenvalue weighted by Crippen LogP contribution is 2.32. The summed E-state index contributed by atoms with van der Waals surface area (Å²) in [7, 11) is 0. The molecular formula is C23H25ClN4O2. The first-order valence-corrected chi connectivity index (χ1v) is 10.5. The maximum atomic E-state index is 13.2. The third-order valence-corrected chi connectivity index (χ3v) is 5.80. The first-order chi connectivity index (χ1) is 14.4. The van der Waals surface area contributed by atoms with E-state index in [1.165, 1.54) is 5.56 Å². The molecule has 3 aromatic rings. The summed E-state index contributed by atoms with van der Waals surface area (Å²) in [6.07, 6.45) is 0.954. The van der Waals surface area contributed by atoms with Crippen molar-refractivity contribution in [2.24, 2.45) is 0 Å². The highest BCUT2D eigenvalue weighted by molar-refractivity contribution is 6.33. The Hall–Kier alpha value is -2.86. The van der Waals surface area contributed by atoms with E-state index in [1.807, 2.05) is 44.2 Å². The Balaban J connectivity index is 1.50. The molecule has 0 N–H and O–H groups in total. The van der Waals surface area contributed by atoms with E-state index in [0.29, 0.717) is 28.9 Å². The molecule has 0 bridgehead atoms.